The van der Waals surface area contributed by atoms with E-state index in [0.29, 0.717) is 5.56 Å². The molecule has 0 aliphatic carbocycles. The van der Waals surface area contributed by atoms with Gasteiger partial charge in [0.1, 0.15) is 11.9 Å². The summed E-state index contributed by atoms with van der Waals surface area (Å²) >= 11 is 0. The Kier molecular flexibility index (Phi) is 5.54. The van der Waals surface area contributed by atoms with Crippen molar-refractivity contribution in [3.63, 3.8) is 0 Å². The molecule has 28 heavy (non-hydrogen) atoms. The van der Waals surface area contributed by atoms with Crippen LogP contribution in [-0.4, -0.2) is 35.6 Å². The predicted octanol–water partition coefficient (Wildman–Crippen LogP) is 3.58. The first kappa shape index (κ1) is 18.5. The van der Waals surface area contributed by atoms with Gasteiger partial charge in [0.2, 0.25) is 0 Å². The van der Waals surface area contributed by atoms with Gasteiger partial charge in [-0.25, -0.2) is 9.18 Å². The Morgan fingerprint density at radius 2 is 2.04 bits per heavy atom. The smallest absolute Gasteiger partial charge is 0.408 e. The van der Waals surface area contributed by atoms with E-state index in [1.54, 1.807) is 24.5 Å². The first-order valence-corrected chi connectivity index (χ1v) is 9.58. The van der Waals surface area contributed by atoms with Crippen molar-refractivity contribution in [1.29, 1.82) is 0 Å². The minimum absolute atomic E-state index is 0.366. The van der Waals surface area contributed by atoms with Crippen LogP contribution in [0.5, 0.6) is 0 Å². The molecule has 2 atom stereocenters. The largest absolute Gasteiger partial charge is 0.439 e. The van der Waals surface area contributed by atoms with Crippen LogP contribution in [-0.2, 0) is 4.74 Å². The summed E-state index contributed by atoms with van der Waals surface area (Å²) in [5.41, 5.74) is 2.17. The summed E-state index contributed by atoms with van der Waals surface area (Å²) in [6, 6.07) is 7.56. The number of carbonyl (C=O) groups is 1. The van der Waals surface area contributed by atoms with Crippen LogP contribution in [0.15, 0.2) is 42.7 Å². The van der Waals surface area contributed by atoms with Gasteiger partial charge in [-0.15, -0.1) is 0 Å². The Morgan fingerprint density at radius 3 is 2.86 bits per heavy atom. The van der Waals surface area contributed by atoms with E-state index < -0.39 is 18.2 Å². The van der Waals surface area contributed by atoms with Gasteiger partial charge in [-0.3, -0.25) is 9.88 Å². The zero-order chi connectivity index (χ0) is 19.3. The second-order valence-corrected chi connectivity index (χ2v) is 7.15. The molecule has 2 aliphatic rings. The molecule has 1 aromatic carbocycles. The van der Waals surface area contributed by atoms with Crippen LogP contribution in [0.3, 0.4) is 0 Å². The lowest BCUT2D eigenvalue weighted by molar-refractivity contribution is 0.132. The Hall–Kier alpha value is -2.91. The van der Waals surface area contributed by atoms with E-state index >= 15 is 0 Å². The molecule has 2 fully saturated rings. The zero-order valence-electron chi connectivity index (χ0n) is 15.5. The molecule has 0 unspecified atom stereocenters. The van der Waals surface area contributed by atoms with Crippen molar-refractivity contribution >= 4 is 6.09 Å². The number of aromatic nitrogens is 1. The maximum Gasteiger partial charge on any atom is 0.408 e. The lowest BCUT2D eigenvalue weighted by Gasteiger charge is -2.23. The number of rotatable bonds is 3. The minimum Gasteiger partial charge on any atom is -0.439 e. The molecule has 4 rings (SSSR count). The lowest BCUT2D eigenvalue weighted by atomic mass is 9.97. The molecular weight excluding hydrogens is 357 g/mol. The number of hydrogen-bond acceptors (Lipinski definition) is 4. The van der Waals surface area contributed by atoms with Gasteiger partial charge >= 0.3 is 6.09 Å². The highest BCUT2D eigenvalue weighted by Gasteiger charge is 2.36. The molecule has 0 saturated carbocycles. The van der Waals surface area contributed by atoms with Gasteiger partial charge in [-0.2, -0.15) is 0 Å². The molecular formula is C22H22FN3O2. The number of likely N-dealkylation sites (tertiary alicyclic amines) is 1. The van der Waals surface area contributed by atoms with Crippen LogP contribution >= 0.6 is 0 Å². The van der Waals surface area contributed by atoms with Gasteiger partial charge in [0, 0.05) is 18.0 Å². The number of benzene rings is 1. The normalized spacial score (nSPS) is 22.1. The Bertz CT molecular complexity index is 915. The summed E-state index contributed by atoms with van der Waals surface area (Å²) in [7, 11) is 0. The summed E-state index contributed by atoms with van der Waals surface area (Å²) < 4.78 is 19.0. The number of nitrogens with zero attached hydrogens (tertiary/aromatic N) is 2. The number of halogens is 1. The fourth-order valence-electron chi connectivity index (χ4n) is 3.69. The number of piperidine rings is 1. The molecule has 6 heteroatoms. The quantitative estimate of drug-likeness (QED) is 0.829. The number of nitrogens with one attached hydrogen (secondary N) is 1. The number of carbonyl (C=O) groups excluding carboxylic acids is 1. The lowest BCUT2D eigenvalue weighted by Crippen LogP contribution is -2.29. The van der Waals surface area contributed by atoms with Gasteiger partial charge in [-0.05, 0) is 55.3 Å². The van der Waals surface area contributed by atoms with E-state index in [0.717, 1.165) is 30.8 Å². The zero-order valence-corrected chi connectivity index (χ0v) is 15.5. The highest BCUT2D eigenvalue weighted by Crippen LogP contribution is 2.36. The third-order valence-corrected chi connectivity index (χ3v) is 5.09. The van der Waals surface area contributed by atoms with E-state index in [9.17, 15) is 9.18 Å². The average molecular weight is 379 g/mol. The molecule has 0 spiro atoms. The second kappa shape index (κ2) is 8.41. The van der Waals surface area contributed by atoms with Gasteiger partial charge in [0.25, 0.3) is 0 Å². The molecule has 0 radical (unpaired) electrons. The molecule has 3 heterocycles. The van der Waals surface area contributed by atoms with Crippen molar-refractivity contribution in [2.24, 2.45) is 0 Å². The van der Waals surface area contributed by atoms with E-state index in [4.69, 9.17) is 4.74 Å². The Balaban J connectivity index is 1.52. The second-order valence-electron chi connectivity index (χ2n) is 7.15. The van der Waals surface area contributed by atoms with E-state index in [-0.39, 0.29) is 5.82 Å². The van der Waals surface area contributed by atoms with Gasteiger partial charge in [0.05, 0.1) is 6.54 Å². The van der Waals surface area contributed by atoms with Crippen molar-refractivity contribution in [2.75, 3.05) is 19.6 Å². The Labute approximate surface area is 163 Å². The van der Waals surface area contributed by atoms with Gasteiger partial charge in [0.15, 0.2) is 6.10 Å². The highest BCUT2D eigenvalue weighted by molar-refractivity contribution is 5.71. The monoisotopic (exact) mass is 379 g/mol. The number of cyclic esters (lactones) is 1. The number of hydrogen-bond donors (Lipinski definition) is 1. The number of pyridine rings is 1. The molecule has 0 bridgehead atoms. The summed E-state index contributed by atoms with van der Waals surface area (Å²) in [5, 5.41) is 2.79. The van der Waals surface area contributed by atoms with Crippen LogP contribution in [0.2, 0.25) is 0 Å². The van der Waals surface area contributed by atoms with Crippen molar-refractivity contribution in [3.8, 4) is 11.8 Å². The molecule has 1 N–H and O–H groups in total. The maximum absolute atomic E-state index is 13.6. The molecule has 5 nitrogen and oxygen atoms in total. The van der Waals surface area contributed by atoms with Gasteiger partial charge in [-0.1, -0.05) is 30.4 Å². The fraction of sp³-hybridized carbons (Fsp3) is 0.364. The summed E-state index contributed by atoms with van der Waals surface area (Å²) in [4.78, 5) is 18.5. The van der Waals surface area contributed by atoms with Crippen LogP contribution < -0.4 is 5.32 Å². The topological polar surface area (TPSA) is 54.5 Å². The SMILES string of the molecule is O=C1N[C@H](c2cncc(C#CCN3CCCCC3)c2)[C@@H](c2cccc(F)c2)O1. The van der Waals surface area contributed by atoms with Crippen molar-refractivity contribution < 1.29 is 13.9 Å². The summed E-state index contributed by atoms with van der Waals surface area (Å²) in [6.07, 6.45) is 6.03. The maximum atomic E-state index is 13.6. The van der Waals surface area contributed by atoms with Crippen LogP contribution in [0.1, 0.15) is 48.1 Å². The average Bonchev–Trinajstić information content (AvgIpc) is 3.11. The molecule has 2 aliphatic heterocycles. The summed E-state index contributed by atoms with van der Waals surface area (Å²) in [6.45, 7) is 2.96. The standard InChI is InChI=1S/C22H22FN3O2/c23-19-8-4-7-17(13-19)21-20(25-22(27)28-21)18-12-16(14-24-15-18)6-5-11-26-9-2-1-3-10-26/h4,7-8,12-15,20-21H,1-3,9-11H2,(H,25,27)/t20-,21-/m1/s1. The molecule has 1 aromatic heterocycles. The molecule has 2 aromatic rings. The van der Waals surface area contributed by atoms with Gasteiger partial charge < -0.3 is 10.1 Å². The van der Waals surface area contributed by atoms with Crippen LogP contribution in [0.25, 0.3) is 0 Å². The summed E-state index contributed by atoms with van der Waals surface area (Å²) in [5.74, 6) is 6.01. The number of ether oxygens (including phenoxy) is 1. The highest BCUT2D eigenvalue weighted by atomic mass is 19.1. The van der Waals surface area contributed by atoms with Crippen LogP contribution in [0.4, 0.5) is 9.18 Å². The van der Waals surface area contributed by atoms with Crippen molar-refractivity contribution in [1.82, 2.24) is 15.2 Å². The molecule has 2 saturated heterocycles. The third kappa shape index (κ3) is 4.32. The van der Waals surface area contributed by atoms with Crippen molar-refractivity contribution in [2.45, 2.75) is 31.4 Å². The van der Waals surface area contributed by atoms with E-state index in [1.165, 1.54) is 31.4 Å². The number of alkyl carbamates (subject to hydrolysis) is 1. The van der Waals surface area contributed by atoms with E-state index in [1.807, 2.05) is 6.07 Å². The minimum atomic E-state index is -0.610. The fourth-order valence-corrected chi connectivity index (χ4v) is 3.69. The first-order chi connectivity index (χ1) is 13.7. The van der Waals surface area contributed by atoms with E-state index in [2.05, 4.69) is 27.0 Å². The predicted molar refractivity (Wildman–Crippen MR) is 103 cm³/mol. The third-order valence-electron chi connectivity index (χ3n) is 5.09. The molecule has 1 amide bonds. The van der Waals surface area contributed by atoms with Crippen molar-refractivity contribution in [3.05, 3.63) is 65.2 Å². The number of amides is 1. The molecule has 144 valence electrons. The Morgan fingerprint density at radius 1 is 1.18 bits per heavy atom. The first-order valence-electron chi connectivity index (χ1n) is 9.58. The van der Waals surface area contributed by atoms with Crippen LogP contribution in [0, 0.1) is 17.7 Å².